The standard InChI is InChI=1S/C14H12O2S/c1-9-4-13(8-17-9)14(15)10-2-3-11-6-16-7-12(11)5-10/h2-5,8H,6-7H2,1H3. The summed E-state index contributed by atoms with van der Waals surface area (Å²) in [4.78, 5) is 13.4. The van der Waals surface area contributed by atoms with Crippen LogP contribution < -0.4 is 0 Å². The van der Waals surface area contributed by atoms with Crippen LogP contribution in [0.15, 0.2) is 29.6 Å². The highest BCUT2D eigenvalue weighted by atomic mass is 32.1. The fraction of sp³-hybridized carbons (Fsp3) is 0.214. The molecule has 0 aliphatic carbocycles. The molecule has 2 aromatic rings. The molecule has 0 atom stereocenters. The molecule has 0 saturated carbocycles. The quantitative estimate of drug-likeness (QED) is 0.757. The minimum Gasteiger partial charge on any atom is -0.372 e. The molecule has 0 spiro atoms. The van der Waals surface area contributed by atoms with Gasteiger partial charge in [-0.3, -0.25) is 4.79 Å². The predicted octanol–water partition coefficient (Wildman–Crippen LogP) is 3.32. The number of rotatable bonds is 2. The van der Waals surface area contributed by atoms with E-state index in [2.05, 4.69) is 0 Å². The van der Waals surface area contributed by atoms with Crippen LogP contribution in [0.4, 0.5) is 0 Å². The molecule has 1 aromatic heterocycles. The maximum atomic E-state index is 12.2. The lowest BCUT2D eigenvalue weighted by Gasteiger charge is -2.01. The normalized spacial score (nSPS) is 13.7. The van der Waals surface area contributed by atoms with E-state index in [9.17, 15) is 4.79 Å². The lowest BCUT2D eigenvalue weighted by molar-refractivity contribution is 0.103. The summed E-state index contributed by atoms with van der Waals surface area (Å²) in [5.41, 5.74) is 3.88. The number of hydrogen-bond donors (Lipinski definition) is 0. The largest absolute Gasteiger partial charge is 0.372 e. The van der Waals surface area contributed by atoms with Gasteiger partial charge in [0.15, 0.2) is 5.78 Å². The summed E-state index contributed by atoms with van der Waals surface area (Å²) in [7, 11) is 0. The van der Waals surface area contributed by atoms with Crippen LogP contribution in [0.5, 0.6) is 0 Å². The van der Waals surface area contributed by atoms with Crippen molar-refractivity contribution >= 4 is 17.1 Å². The zero-order valence-corrected chi connectivity index (χ0v) is 10.3. The molecule has 2 heterocycles. The molecule has 3 heteroatoms. The number of ketones is 1. The minimum absolute atomic E-state index is 0.101. The van der Waals surface area contributed by atoms with Gasteiger partial charge >= 0.3 is 0 Å². The molecule has 1 aromatic carbocycles. The van der Waals surface area contributed by atoms with Crippen molar-refractivity contribution in [2.75, 3.05) is 0 Å². The van der Waals surface area contributed by atoms with Crippen molar-refractivity contribution in [3.8, 4) is 0 Å². The van der Waals surface area contributed by atoms with Gasteiger partial charge in [0, 0.05) is 21.4 Å². The van der Waals surface area contributed by atoms with E-state index < -0.39 is 0 Å². The Hall–Kier alpha value is -1.45. The van der Waals surface area contributed by atoms with Gasteiger partial charge < -0.3 is 4.74 Å². The third-order valence-corrected chi connectivity index (χ3v) is 3.84. The lowest BCUT2D eigenvalue weighted by Crippen LogP contribution is -2.00. The highest BCUT2D eigenvalue weighted by Gasteiger charge is 2.15. The maximum absolute atomic E-state index is 12.2. The van der Waals surface area contributed by atoms with Crippen LogP contribution in [-0.2, 0) is 18.0 Å². The zero-order chi connectivity index (χ0) is 11.8. The Kier molecular flexibility index (Phi) is 2.57. The van der Waals surface area contributed by atoms with E-state index in [0.29, 0.717) is 13.2 Å². The summed E-state index contributed by atoms with van der Waals surface area (Å²) in [5.74, 6) is 0.101. The van der Waals surface area contributed by atoms with Crippen LogP contribution in [0, 0.1) is 6.92 Å². The van der Waals surface area contributed by atoms with Crippen LogP contribution in [0.1, 0.15) is 31.9 Å². The second kappa shape index (κ2) is 4.09. The van der Waals surface area contributed by atoms with Crippen molar-refractivity contribution < 1.29 is 9.53 Å². The Morgan fingerprint density at radius 3 is 2.76 bits per heavy atom. The van der Waals surface area contributed by atoms with E-state index in [0.717, 1.165) is 21.6 Å². The first-order chi connectivity index (χ1) is 8.24. The molecule has 86 valence electrons. The van der Waals surface area contributed by atoms with Gasteiger partial charge in [-0.2, -0.15) is 0 Å². The van der Waals surface area contributed by atoms with Crippen molar-refractivity contribution in [1.29, 1.82) is 0 Å². The number of aryl methyl sites for hydroxylation is 1. The molecule has 0 fully saturated rings. The molecular weight excluding hydrogens is 232 g/mol. The third kappa shape index (κ3) is 1.92. The van der Waals surface area contributed by atoms with Crippen molar-refractivity contribution in [3.63, 3.8) is 0 Å². The van der Waals surface area contributed by atoms with E-state index in [4.69, 9.17) is 4.74 Å². The number of thiophene rings is 1. The monoisotopic (exact) mass is 244 g/mol. The average Bonchev–Trinajstić information content (AvgIpc) is 2.95. The van der Waals surface area contributed by atoms with Crippen LogP contribution in [0.25, 0.3) is 0 Å². The second-order valence-corrected chi connectivity index (χ2v) is 5.37. The Bertz CT molecular complexity index is 584. The molecule has 0 radical (unpaired) electrons. The summed E-state index contributed by atoms with van der Waals surface area (Å²) in [6, 6.07) is 7.78. The molecule has 0 N–H and O–H groups in total. The molecule has 2 nitrogen and oxygen atoms in total. The minimum atomic E-state index is 0.101. The summed E-state index contributed by atoms with van der Waals surface area (Å²) < 4.78 is 5.35. The fourth-order valence-corrected chi connectivity index (χ4v) is 2.73. The summed E-state index contributed by atoms with van der Waals surface area (Å²) in [5, 5.41) is 1.92. The van der Waals surface area contributed by atoms with Crippen LogP contribution >= 0.6 is 11.3 Å². The zero-order valence-electron chi connectivity index (χ0n) is 9.53. The van der Waals surface area contributed by atoms with Gasteiger partial charge in [0.25, 0.3) is 0 Å². The number of hydrogen-bond acceptors (Lipinski definition) is 3. The molecule has 3 rings (SSSR count). The summed E-state index contributed by atoms with van der Waals surface area (Å²) >= 11 is 1.61. The Morgan fingerprint density at radius 2 is 2.00 bits per heavy atom. The Balaban J connectivity index is 1.97. The number of carbonyl (C=O) groups excluding carboxylic acids is 1. The van der Waals surface area contributed by atoms with Gasteiger partial charge in [-0.05, 0) is 30.2 Å². The number of carbonyl (C=O) groups is 1. The molecule has 17 heavy (non-hydrogen) atoms. The first-order valence-corrected chi connectivity index (χ1v) is 6.41. The molecule has 1 aliphatic heterocycles. The van der Waals surface area contributed by atoms with Gasteiger partial charge in [0.05, 0.1) is 13.2 Å². The van der Waals surface area contributed by atoms with Crippen LogP contribution in [-0.4, -0.2) is 5.78 Å². The number of fused-ring (bicyclic) bond motifs is 1. The molecule has 0 saturated heterocycles. The number of benzene rings is 1. The number of ether oxygens (including phenoxy) is 1. The topological polar surface area (TPSA) is 26.3 Å². The van der Waals surface area contributed by atoms with E-state index in [1.807, 2.05) is 36.6 Å². The molecule has 1 aliphatic rings. The predicted molar refractivity (Wildman–Crippen MR) is 67.4 cm³/mol. The lowest BCUT2D eigenvalue weighted by atomic mass is 10.0. The van der Waals surface area contributed by atoms with Gasteiger partial charge in [-0.25, -0.2) is 0 Å². The fourth-order valence-electron chi connectivity index (χ4n) is 2.04. The summed E-state index contributed by atoms with van der Waals surface area (Å²) in [6.07, 6.45) is 0. The van der Waals surface area contributed by atoms with Crippen molar-refractivity contribution in [3.05, 3.63) is 56.8 Å². The first kappa shape index (κ1) is 10.7. The smallest absolute Gasteiger partial charge is 0.193 e. The Morgan fingerprint density at radius 1 is 1.18 bits per heavy atom. The molecule has 0 amide bonds. The van der Waals surface area contributed by atoms with Crippen molar-refractivity contribution in [2.45, 2.75) is 20.1 Å². The van der Waals surface area contributed by atoms with Gasteiger partial charge in [0.2, 0.25) is 0 Å². The van der Waals surface area contributed by atoms with Gasteiger partial charge in [-0.15, -0.1) is 11.3 Å². The Labute approximate surface area is 104 Å². The SMILES string of the molecule is Cc1cc(C(=O)c2ccc3c(c2)COC3)cs1. The highest BCUT2D eigenvalue weighted by molar-refractivity contribution is 7.10. The highest BCUT2D eigenvalue weighted by Crippen LogP contribution is 2.23. The van der Waals surface area contributed by atoms with Crippen molar-refractivity contribution in [2.24, 2.45) is 0 Å². The van der Waals surface area contributed by atoms with E-state index in [1.54, 1.807) is 11.3 Å². The van der Waals surface area contributed by atoms with Gasteiger partial charge in [0.1, 0.15) is 0 Å². The molecule has 0 bridgehead atoms. The second-order valence-electron chi connectivity index (χ2n) is 4.25. The van der Waals surface area contributed by atoms with Crippen LogP contribution in [0.3, 0.4) is 0 Å². The van der Waals surface area contributed by atoms with Gasteiger partial charge in [-0.1, -0.05) is 12.1 Å². The van der Waals surface area contributed by atoms with E-state index >= 15 is 0 Å². The first-order valence-electron chi connectivity index (χ1n) is 5.53. The average molecular weight is 244 g/mol. The van der Waals surface area contributed by atoms with Crippen molar-refractivity contribution in [1.82, 2.24) is 0 Å². The third-order valence-electron chi connectivity index (χ3n) is 2.98. The maximum Gasteiger partial charge on any atom is 0.193 e. The summed E-state index contributed by atoms with van der Waals surface area (Å²) in [6.45, 7) is 3.30. The van der Waals surface area contributed by atoms with E-state index in [1.165, 1.54) is 5.56 Å². The van der Waals surface area contributed by atoms with E-state index in [-0.39, 0.29) is 5.78 Å². The molecular formula is C14H12O2S. The molecule has 0 unspecified atom stereocenters. The van der Waals surface area contributed by atoms with Crippen LogP contribution in [0.2, 0.25) is 0 Å².